The van der Waals surface area contributed by atoms with Gasteiger partial charge < -0.3 is 10.6 Å². The fourth-order valence-electron chi connectivity index (χ4n) is 1.00. The summed E-state index contributed by atoms with van der Waals surface area (Å²) in [6, 6.07) is 3.72. The minimum Gasteiger partial charge on any atom is -0.360 e. The van der Waals surface area contributed by atoms with Gasteiger partial charge in [0.25, 0.3) is 0 Å². The highest BCUT2D eigenvalue weighted by molar-refractivity contribution is 7.80. The molecule has 0 radical (unpaired) electrons. The van der Waals surface area contributed by atoms with Crippen LogP contribution < -0.4 is 10.6 Å². The minimum atomic E-state index is -0.896. The zero-order chi connectivity index (χ0) is 11.4. The Balaban J connectivity index is 2.65. The molecule has 2 N–H and O–H groups in total. The molecule has 0 aliphatic heterocycles. The third-order valence-electron chi connectivity index (χ3n) is 1.60. The Morgan fingerprint density at radius 2 is 1.93 bits per heavy atom. The minimum absolute atomic E-state index is 0.190. The van der Waals surface area contributed by atoms with E-state index in [0.717, 1.165) is 12.1 Å². The predicted octanol–water partition coefficient (Wildman–Crippen LogP) is 2.66. The summed E-state index contributed by atoms with van der Waals surface area (Å²) in [5.41, 5.74) is 0.423. The molecule has 0 atom stereocenters. The molecule has 1 rings (SSSR count). The van der Waals surface area contributed by atoms with Gasteiger partial charge in [0.2, 0.25) is 0 Å². The molecule has 0 aliphatic carbocycles. The first-order valence-corrected chi connectivity index (χ1v) is 4.92. The quantitative estimate of drug-likeness (QED) is 0.764. The summed E-state index contributed by atoms with van der Waals surface area (Å²) < 4.78 is 25.4. The standard InChI is InChI=1S/C10H12F2N2S/c1-6(2)13-10(15)14-7-3-4-8(11)9(12)5-7/h3-6H,1-2H3,(H2,13,14,15). The topological polar surface area (TPSA) is 24.1 Å². The van der Waals surface area contributed by atoms with Crippen LogP contribution in [0.5, 0.6) is 0 Å². The molecule has 0 saturated carbocycles. The van der Waals surface area contributed by atoms with Crippen LogP contribution in [0, 0.1) is 11.6 Å². The summed E-state index contributed by atoms with van der Waals surface area (Å²) in [5.74, 6) is -1.77. The summed E-state index contributed by atoms with van der Waals surface area (Å²) >= 11 is 4.95. The van der Waals surface area contributed by atoms with E-state index < -0.39 is 11.6 Å². The largest absolute Gasteiger partial charge is 0.360 e. The number of anilines is 1. The Labute approximate surface area is 92.7 Å². The molecule has 82 valence electrons. The van der Waals surface area contributed by atoms with Gasteiger partial charge >= 0.3 is 0 Å². The van der Waals surface area contributed by atoms with Crippen LogP contribution in [0.15, 0.2) is 18.2 Å². The van der Waals surface area contributed by atoms with Gasteiger partial charge in [-0.25, -0.2) is 8.78 Å². The molecular weight excluding hydrogens is 218 g/mol. The van der Waals surface area contributed by atoms with Gasteiger partial charge in [-0.1, -0.05) is 0 Å². The average Bonchev–Trinajstić information content (AvgIpc) is 2.10. The molecule has 0 amide bonds. The number of hydrogen-bond acceptors (Lipinski definition) is 1. The smallest absolute Gasteiger partial charge is 0.170 e. The van der Waals surface area contributed by atoms with Crippen LogP contribution in [0.3, 0.4) is 0 Å². The molecule has 5 heteroatoms. The molecule has 0 spiro atoms. The molecule has 0 saturated heterocycles. The van der Waals surface area contributed by atoms with E-state index >= 15 is 0 Å². The van der Waals surface area contributed by atoms with E-state index in [4.69, 9.17) is 12.2 Å². The van der Waals surface area contributed by atoms with Crippen molar-refractivity contribution in [3.05, 3.63) is 29.8 Å². The van der Waals surface area contributed by atoms with Crippen molar-refractivity contribution in [2.24, 2.45) is 0 Å². The van der Waals surface area contributed by atoms with E-state index in [2.05, 4.69) is 10.6 Å². The third kappa shape index (κ3) is 3.79. The lowest BCUT2D eigenvalue weighted by atomic mass is 10.3. The fourth-order valence-corrected chi connectivity index (χ4v) is 1.36. The Bertz CT molecular complexity index is 366. The molecule has 15 heavy (non-hydrogen) atoms. The number of nitrogens with one attached hydrogen (secondary N) is 2. The maximum atomic E-state index is 12.8. The van der Waals surface area contributed by atoms with Gasteiger partial charge in [0, 0.05) is 17.8 Å². The van der Waals surface area contributed by atoms with Gasteiger partial charge in [0.1, 0.15) is 0 Å². The normalized spacial score (nSPS) is 10.2. The lowest BCUT2D eigenvalue weighted by Crippen LogP contribution is -2.33. The van der Waals surface area contributed by atoms with Gasteiger partial charge in [-0.15, -0.1) is 0 Å². The first-order chi connectivity index (χ1) is 6.99. The maximum Gasteiger partial charge on any atom is 0.170 e. The fraction of sp³-hybridized carbons (Fsp3) is 0.300. The Morgan fingerprint density at radius 3 is 2.47 bits per heavy atom. The molecular formula is C10H12F2N2S. The van der Waals surface area contributed by atoms with E-state index in [9.17, 15) is 8.78 Å². The second-order valence-corrected chi connectivity index (χ2v) is 3.79. The number of thiocarbonyl (C=S) groups is 1. The Morgan fingerprint density at radius 1 is 1.27 bits per heavy atom. The van der Waals surface area contributed by atoms with Gasteiger partial charge in [-0.2, -0.15) is 0 Å². The zero-order valence-corrected chi connectivity index (χ0v) is 9.29. The number of benzene rings is 1. The molecule has 2 nitrogen and oxygen atoms in total. The van der Waals surface area contributed by atoms with Crippen LogP contribution in [-0.4, -0.2) is 11.2 Å². The van der Waals surface area contributed by atoms with Crippen LogP contribution >= 0.6 is 12.2 Å². The molecule has 1 aromatic rings. The summed E-state index contributed by atoms with van der Waals surface area (Å²) in [6.07, 6.45) is 0. The summed E-state index contributed by atoms with van der Waals surface area (Å²) in [6.45, 7) is 3.86. The predicted molar refractivity (Wildman–Crippen MR) is 60.9 cm³/mol. The van der Waals surface area contributed by atoms with Crippen molar-refractivity contribution in [3.63, 3.8) is 0 Å². The Kier molecular flexibility index (Phi) is 3.96. The van der Waals surface area contributed by atoms with Crippen LogP contribution in [0.4, 0.5) is 14.5 Å². The van der Waals surface area contributed by atoms with E-state index in [1.807, 2.05) is 13.8 Å². The van der Waals surface area contributed by atoms with Crippen LogP contribution in [0.2, 0.25) is 0 Å². The highest BCUT2D eigenvalue weighted by atomic mass is 32.1. The molecule has 1 aromatic carbocycles. The van der Waals surface area contributed by atoms with Crippen molar-refractivity contribution in [1.29, 1.82) is 0 Å². The molecule has 0 fully saturated rings. The lowest BCUT2D eigenvalue weighted by Gasteiger charge is -2.12. The highest BCUT2D eigenvalue weighted by Crippen LogP contribution is 2.12. The van der Waals surface area contributed by atoms with Gasteiger partial charge in [0.15, 0.2) is 16.7 Å². The third-order valence-corrected chi connectivity index (χ3v) is 1.82. The van der Waals surface area contributed by atoms with Crippen molar-refractivity contribution in [1.82, 2.24) is 5.32 Å². The van der Waals surface area contributed by atoms with Crippen molar-refractivity contribution in [2.75, 3.05) is 5.32 Å². The van der Waals surface area contributed by atoms with E-state index in [0.29, 0.717) is 10.8 Å². The SMILES string of the molecule is CC(C)NC(=S)Nc1ccc(F)c(F)c1. The van der Waals surface area contributed by atoms with Crippen molar-refractivity contribution in [2.45, 2.75) is 19.9 Å². The monoisotopic (exact) mass is 230 g/mol. The van der Waals surface area contributed by atoms with E-state index in [1.54, 1.807) is 0 Å². The molecule has 0 bridgehead atoms. The van der Waals surface area contributed by atoms with Crippen molar-refractivity contribution < 1.29 is 8.78 Å². The summed E-state index contributed by atoms with van der Waals surface area (Å²) in [4.78, 5) is 0. The molecule has 0 aromatic heterocycles. The molecule has 0 aliphatic rings. The number of rotatable bonds is 2. The van der Waals surface area contributed by atoms with Gasteiger partial charge in [0.05, 0.1) is 0 Å². The first-order valence-electron chi connectivity index (χ1n) is 4.51. The zero-order valence-electron chi connectivity index (χ0n) is 8.47. The highest BCUT2D eigenvalue weighted by Gasteiger charge is 2.04. The van der Waals surface area contributed by atoms with Crippen molar-refractivity contribution >= 4 is 23.0 Å². The summed E-state index contributed by atoms with van der Waals surface area (Å²) in [7, 11) is 0. The maximum absolute atomic E-state index is 12.8. The second-order valence-electron chi connectivity index (χ2n) is 3.38. The summed E-state index contributed by atoms with van der Waals surface area (Å²) in [5, 5.41) is 6.07. The van der Waals surface area contributed by atoms with E-state index in [-0.39, 0.29) is 6.04 Å². The molecule has 0 heterocycles. The van der Waals surface area contributed by atoms with Gasteiger partial charge in [-0.3, -0.25) is 0 Å². The second kappa shape index (κ2) is 5.02. The first kappa shape index (κ1) is 11.8. The number of hydrogen-bond donors (Lipinski definition) is 2. The van der Waals surface area contributed by atoms with Crippen LogP contribution in [0.1, 0.15) is 13.8 Å². The average molecular weight is 230 g/mol. The van der Waals surface area contributed by atoms with Crippen molar-refractivity contribution in [3.8, 4) is 0 Å². The molecule has 0 unspecified atom stereocenters. The lowest BCUT2D eigenvalue weighted by molar-refractivity contribution is 0.509. The van der Waals surface area contributed by atoms with Gasteiger partial charge in [-0.05, 0) is 38.2 Å². The number of halogens is 2. The van der Waals surface area contributed by atoms with Crippen LogP contribution in [-0.2, 0) is 0 Å². The van der Waals surface area contributed by atoms with E-state index in [1.165, 1.54) is 6.07 Å². The Hall–Kier alpha value is -1.23. The van der Waals surface area contributed by atoms with Crippen LogP contribution in [0.25, 0.3) is 0 Å².